The first kappa shape index (κ1) is 24.9. The third kappa shape index (κ3) is 4.19. The number of nitrogens with zero attached hydrogens (tertiary/aromatic N) is 2. The lowest BCUT2D eigenvalue weighted by Crippen LogP contribution is -2.11. The largest absolute Gasteiger partial charge is 0.247 e. The van der Waals surface area contributed by atoms with Gasteiger partial charge in [-0.15, -0.1) is 0 Å². The summed E-state index contributed by atoms with van der Waals surface area (Å²) in [4.78, 5) is 11.1. The van der Waals surface area contributed by atoms with Crippen molar-refractivity contribution in [2.45, 2.75) is 12.8 Å². The summed E-state index contributed by atoms with van der Waals surface area (Å²) in [6, 6.07) is 48.1. The molecule has 0 atom stereocenters. The van der Waals surface area contributed by atoms with Crippen LogP contribution in [-0.4, -0.2) is 11.4 Å². The summed E-state index contributed by atoms with van der Waals surface area (Å²) in [5, 5.41) is 7.10. The highest BCUT2D eigenvalue weighted by Crippen LogP contribution is 2.38. The Bertz CT molecular complexity index is 2390. The lowest BCUT2D eigenvalue weighted by atomic mass is 9.90. The Balaban J connectivity index is 1.38. The number of rotatable bonds is 2. The fourth-order valence-electron chi connectivity index (χ4n) is 6.73. The first-order valence-corrected chi connectivity index (χ1v) is 15.3. The Morgan fingerprint density at radius 2 is 0.932 bits per heavy atom. The van der Waals surface area contributed by atoms with Crippen LogP contribution in [0.1, 0.15) is 39.8 Å². The number of hydrogen-bond acceptors (Lipinski definition) is 2. The van der Waals surface area contributed by atoms with Gasteiger partial charge in [-0.2, -0.15) is 0 Å². The van der Waals surface area contributed by atoms with Crippen LogP contribution in [0.2, 0.25) is 0 Å². The van der Waals surface area contributed by atoms with Crippen molar-refractivity contribution in [2.75, 3.05) is 0 Å². The highest BCUT2D eigenvalue weighted by atomic mass is 14.8. The molecule has 2 aliphatic rings. The van der Waals surface area contributed by atoms with Crippen LogP contribution in [-0.2, 0) is 6.42 Å². The van der Waals surface area contributed by atoms with Crippen LogP contribution < -0.4 is 0 Å². The van der Waals surface area contributed by atoms with E-state index in [4.69, 9.17) is 9.98 Å². The van der Waals surface area contributed by atoms with E-state index < -0.39 is 0 Å². The van der Waals surface area contributed by atoms with E-state index in [2.05, 4.69) is 146 Å². The molecule has 0 bridgehead atoms. The number of aryl methyl sites for hydroxylation is 1. The lowest BCUT2D eigenvalue weighted by molar-refractivity contribution is 0.985. The van der Waals surface area contributed by atoms with Crippen LogP contribution in [0.15, 0.2) is 150 Å². The molecule has 1 aliphatic carbocycles. The summed E-state index contributed by atoms with van der Waals surface area (Å²) in [6.45, 7) is 0. The Morgan fingerprint density at radius 1 is 0.432 bits per heavy atom. The van der Waals surface area contributed by atoms with E-state index >= 15 is 0 Å². The van der Waals surface area contributed by atoms with Crippen LogP contribution in [0.5, 0.6) is 0 Å². The number of allylic oxidation sites excluding steroid dienone is 1. The van der Waals surface area contributed by atoms with Gasteiger partial charge in [-0.25, -0.2) is 9.98 Å². The molecule has 7 aromatic rings. The molecule has 0 amide bonds. The molecule has 0 saturated heterocycles. The van der Waals surface area contributed by atoms with Crippen molar-refractivity contribution in [3.05, 3.63) is 173 Å². The molecule has 44 heavy (non-hydrogen) atoms. The van der Waals surface area contributed by atoms with Crippen molar-refractivity contribution in [2.24, 2.45) is 9.98 Å². The van der Waals surface area contributed by atoms with Gasteiger partial charge in [0, 0.05) is 22.3 Å². The molecule has 0 radical (unpaired) electrons. The summed E-state index contributed by atoms with van der Waals surface area (Å²) in [5.41, 5.74) is 10.7. The van der Waals surface area contributed by atoms with E-state index in [-0.39, 0.29) is 0 Å². The van der Waals surface area contributed by atoms with Crippen molar-refractivity contribution >= 4 is 61.2 Å². The second-order valence-corrected chi connectivity index (χ2v) is 11.8. The predicted molar refractivity (Wildman–Crippen MR) is 186 cm³/mol. The molecule has 0 spiro atoms. The van der Waals surface area contributed by atoms with E-state index in [0.29, 0.717) is 0 Å². The average Bonchev–Trinajstić information content (AvgIpc) is 3.08. The third-order valence-corrected chi connectivity index (χ3v) is 9.02. The van der Waals surface area contributed by atoms with Crippen molar-refractivity contribution in [3.8, 4) is 0 Å². The minimum atomic E-state index is 0.928. The summed E-state index contributed by atoms with van der Waals surface area (Å²) in [6.07, 6.45) is 6.70. The lowest BCUT2D eigenvalue weighted by Gasteiger charge is -2.20. The zero-order valence-corrected chi connectivity index (χ0v) is 24.2. The van der Waals surface area contributed by atoms with Gasteiger partial charge in [0.05, 0.1) is 22.8 Å². The van der Waals surface area contributed by atoms with Gasteiger partial charge >= 0.3 is 0 Å². The maximum Gasteiger partial charge on any atom is 0.0803 e. The Hall–Kier alpha value is -5.60. The zero-order valence-electron chi connectivity index (χ0n) is 24.2. The number of fused-ring (bicyclic) bond motifs is 6. The second-order valence-electron chi connectivity index (χ2n) is 11.8. The molecule has 9 rings (SSSR count). The van der Waals surface area contributed by atoms with Crippen LogP contribution in [0.4, 0.5) is 11.4 Å². The zero-order chi connectivity index (χ0) is 29.0. The highest BCUT2D eigenvalue weighted by Gasteiger charge is 2.22. The maximum absolute atomic E-state index is 5.57. The quantitative estimate of drug-likeness (QED) is 0.201. The first-order valence-electron chi connectivity index (χ1n) is 15.3. The standard InChI is InChI=1S/C42H28N2/c1-3-11-29-21-35(19-17-27(29)9-1)41-37-23-31-13-5-7-15-33(31)25-39(37)44-42(36-20-18-28-10-2-4-12-30(28)22-36)38-24-32-14-6-8-16-34(32)26-40(38)43-41/h1,3-9,11-26H,2,10H2. The van der Waals surface area contributed by atoms with Crippen molar-refractivity contribution in [1.29, 1.82) is 0 Å². The molecule has 0 unspecified atom stereocenters. The van der Waals surface area contributed by atoms with Crippen molar-refractivity contribution in [1.82, 2.24) is 0 Å². The fraction of sp³-hybridized carbons (Fsp3) is 0.0476. The van der Waals surface area contributed by atoms with Crippen LogP contribution in [0.25, 0.3) is 38.4 Å². The molecule has 0 N–H and O–H groups in total. The van der Waals surface area contributed by atoms with Crippen LogP contribution >= 0.6 is 0 Å². The Morgan fingerprint density at radius 3 is 1.55 bits per heavy atom. The fourth-order valence-corrected chi connectivity index (χ4v) is 6.73. The maximum atomic E-state index is 5.57. The summed E-state index contributed by atoms with van der Waals surface area (Å²) < 4.78 is 0. The monoisotopic (exact) mass is 560 g/mol. The molecule has 1 heterocycles. The van der Waals surface area contributed by atoms with Gasteiger partial charge in [-0.05, 0) is 92.7 Å². The van der Waals surface area contributed by atoms with Gasteiger partial charge in [0.25, 0.3) is 0 Å². The van der Waals surface area contributed by atoms with Crippen molar-refractivity contribution in [3.63, 3.8) is 0 Å². The highest BCUT2D eigenvalue weighted by molar-refractivity contribution is 6.25. The van der Waals surface area contributed by atoms with E-state index in [9.17, 15) is 0 Å². The molecule has 2 nitrogen and oxygen atoms in total. The van der Waals surface area contributed by atoms with Gasteiger partial charge in [0.1, 0.15) is 0 Å². The second kappa shape index (κ2) is 10.00. The molecular formula is C42H28N2. The first-order chi connectivity index (χ1) is 21.8. The van der Waals surface area contributed by atoms with Gasteiger partial charge in [0.15, 0.2) is 0 Å². The van der Waals surface area contributed by atoms with Gasteiger partial charge in [-0.3, -0.25) is 0 Å². The molecule has 0 fully saturated rings. The van der Waals surface area contributed by atoms with Gasteiger partial charge in [-0.1, -0.05) is 109 Å². The molecule has 0 aromatic heterocycles. The topological polar surface area (TPSA) is 24.7 Å². The smallest absolute Gasteiger partial charge is 0.0803 e. The number of hydrogen-bond donors (Lipinski definition) is 0. The van der Waals surface area contributed by atoms with Crippen LogP contribution in [0.3, 0.4) is 0 Å². The van der Waals surface area contributed by atoms with E-state index in [1.807, 2.05) is 0 Å². The molecule has 1 aliphatic heterocycles. The SMILES string of the molecule is C1=Cc2cc(C3=Nc4cc5ccccc5cc4C(c4ccc5ccccc5c4)=Nc4cc5ccccc5cc43)ccc2CC1. The number of benzene rings is 7. The Labute approximate surface area is 256 Å². The van der Waals surface area contributed by atoms with E-state index in [1.54, 1.807) is 0 Å². The minimum absolute atomic E-state index is 0.928. The minimum Gasteiger partial charge on any atom is -0.247 e. The summed E-state index contributed by atoms with van der Waals surface area (Å²) in [5.74, 6) is 0. The molecule has 206 valence electrons. The van der Waals surface area contributed by atoms with Gasteiger partial charge in [0.2, 0.25) is 0 Å². The van der Waals surface area contributed by atoms with Crippen LogP contribution in [0, 0.1) is 0 Å². The van der Waals surface area contributed by atoms with Gasteiger partial charge < -0.3 is 0 Å². The van der Waals surface area contributed by atoms with E-state index in [0.717, 1.165) is 57.9 Å². The average molecular weight is 561 g/mol. The predicted octanol–water partition coefficient (Wildman–Crippen LogP) is 10.8. The normalized spacial score (nSPS) is 13.9. The Kier molecular flexibility index (Phi) is 5.67. The third-order valence-electron chi connectivity index (χ3n) is 9.02. The molecule has 7 aromatic carbocycles. The molecule has 0 saturated carbocycles. The van der Waals surface area contributed by atoms with Crippen molar-refractivity contribution < 1.29 is 0 Å². The molecule has 2 heteroatoms. The number of aliphatic imine (C=N–C) groups is 2. The summed E-state index contributed by atoms with van der Waals surface area (Å²) >= 11 is 0. The molecular weight excluding hydrogens is 532 g/mol. The van der Waals surface area contributed by atoms with E-state index in [1.165, 1.54) is 43.4 Å². The summed E-state index contributed by atoms with van der Waals surface area (Å²) in [7, 11) is 0.